The highest BCUT2D eigenvalue weighted by atomic mass is 32.2. The van der Waals surface area contributed by atoms with Crippen LogP contribution in [0.4, 0.5) is 0 Å². The van der Waals surface area contributed by atoms with E-state index in [0.717, 1.165) is 11.9 Å². The molecule has 8 N–H and O–H groups in total. The summed E-state index contributed by atoms with van der Waals surface area (Å²) in [6.07, 6.45) is -7.06. The van der Waals surface area contributed by atoms with Crippen LogP contribution in [0.2, 0.25) is 0 Å². The number of guanidine groups is 1. The largest absolute Gasteiger partial charge is 0.387 e. The molecule has 1 aliphatic rings. The van der Waals surface area contributed by atoms with E-state index in [1.54, 1.807) is 0 Å². The van der Waals surface area contributed by atoms with Crippen LogP contribution >= 0.6 is 0 Å². The van der Waals surface area contributed by atoms with Crippen LogP contribution in [-0.2, 0) is 24.5 Å². The summed E-state index contributed by atoms with van der Waals surface area (Å²) in [5, 5.41) is 50.5. The first-order valence-electron chi connectivity index (χ1n) is 7.28. The number of likely N-dealkylation sites (N-methyl/N-ethyl adjacent to an activating group) is 1. The third-order valence-electron chi connectivity index (χ3n) is 4.00. The molecule has 0 aromatic rings. The molecule has 0 saturated carbocycles. The Kier molecular flexibility index (Phi) is 7.14. The minimum absolute atomic E-state index is 0.0542. The molecule has 1 fully saturated rings. The summed E-state index contributed by atoms with van der Waals surface area (Å²) in [6, 6.07) is 0. The van der Waals surface area contributed by atoms with Gasteiger partial charge < -0.3 is 41.1 Å². The SMILES string of the molecule is CN(CC(=O)N1[C@H](S(=O)(=O)CO)[C@H](O)[C@H](O)[C@H](O)[C@H]1S(=O)(=O)CO)C(=N)N. The zero-order valence-corrected chi connectivity index (χ0v) is 15.7. The van der Waals surface area contributed by atoms with Gasteiger partial charge in [-0.3, -0.25) is 10.2 Å². The molecule has 1 heterocycles. The molecule has 158 valence electrons. The number of aliphatic hydroxyl groups is 5. The van der Waals surface area contributed by atoms with Crippen molar-refractivity contribution in [2.45, 2.75) is 29.1 Å². The summed E-state index contributed by atoms with van der Waals surface area (Å²) in [5.74, 6) is -5.18. The Balaban J connectivity index is 3.63. The minimum Gasteiger partial charge on any atom is -0.387 e. The first kappa shape index (κ1) is 23.5. The fraction of sp³-hybridized carbons (Fsp3) is 0.818. The van der Waals surface area contributed by atoms with E-state index < -0.39 is 79.0 Å². The number of likely N-dealkylation sites (tertiary alicyclic amines) is 1. The summed E-state index contributed by atoms with van der Waals surface area (Å²) < 4.78 is 48.7. The molecule has 1 aliphatic heterocycles. The van der Waals surface area contributed by atoms with Crippen molar-refractivity contribution in [2.24, 2.45) is 5.73 Å². The van der Waals surface area contributed by atoms with Gasteiger partial charge in [0.2, 0.25) is 5.91 Å². The van der Waals surface area contributed by atoms with Crippen molar-refractivity contribution in [3.05, 3.63) is 0 Å². The van der Waals surface area contributed by atoms with Gasteiger partial charge in [-0.15, -0.1) is 0 Å². The second kappa shape index (κ2) is 8.21. The molecule has 1 rings (SSSR count). The standard InChI is InChI=1S/C11H22N4O10S2/c1-14(11(12)13)2-5(18)15-9(26(22,23)3-16)7(20)6(19)8(21)10(15)27(24,25)4-17/h6-10,16-17,19-21H,2-4H2,1H3,(H3,12,13)/t6-,7+,8-,9-,10-/m1/s1. The number of nitrogens with zero attached hydrogens (tertiary/aromatic N) is 2. The predicted octanol–water partition coefficient (Wildman–Crippen LogP) is -5.88. The molecular formula is C11H22N4O10S2. The van der Waals surface area contributed by atoms with Gasteiger partial charge in [-0.2, -0.15) is 0 Å². The average molecular weight is 434 g/mol. The van der Waals surface area contributed by atoms with E-state index in [4.69, 9.17) is 21.4 Å². The van der Waals surface area contributed by atoms with Gasteiger partial charge in [0.1, 0.15) is 30.2 Å². The van der Waals surface area contributed by atoms with Gasteiger partial charge in [-0.25, -0.2) is 16.8 Å². The Hall–Kier alpha value is -1.56. The summed E-state index contributed by atoms with van der Waals surface area (Å²) in [4.78, 5) is 13.4. The van der Waals surface area contributed by atoms with Gasteiger partial charge in [0.05, 0.1) is 6.54 Å². The molecule has 0 radical (unpaired) electrons. The summed E-state index contributed by atoms with van der Waals surface area (Å²) in [7, 11) is -8.43. The maximum absolute atomic E-state index is 12.6. The molecule has 1 amide bonds. The molecular weight excluding hydrogens is 412 g/mol. The van der Waals surface area contributed by atoms with E-state index in [0.29, 0.717) is 0 Å². The molecule has 0 unspecified atom stereocenters. The summed E-state index contributed by atoms with van der Waals surface area (Å²) in [6.45, 7) is -0.834. The number of nitrogens with two attached hydrogens (primary N) is 1. The first-order valence-corrected chi connectivity index (χ1v) is 10.7. The van der Waals surface area contributed by atoms with Gasteiger partial charge in [0.15, 0.2) is 36.4 Å². The first-order chi connectivity index (χ1) is 12.2. The second-order valence-corrected chi connectivity index (χ2v) is 10.0. The number of hydrogen-bond donors (Lipinski definition) is 7. The third-order valence-corrected chi connectivity index (χ3v) is 7.20. The summed E-state index contributed by atoms with van der Waals surface area (Å²) in [5.41, 5.74) is 5.17. The van der Waals surface area contributed by atoms with Gasteiger partial charge in [0, 0.05) is 7.05 Å². The Morgan fingerprint density at radius 1 is 1.00 bits per heavy atom. The Morgan fingerprint density at radius 3 is 1.67 bits per heavy atom. The van der Waals surface area contributed by atoms with Gasteiger partial charge in [-0.05, 0) is 0 Å². The van der Waals surface area contributed by atoms with Crippen LogP contribution in [0.5, 0.6) is 0 Å². The van der Waals surface area contributed by atoms with Crippen molar-refractivity contribution in [2.75, 3.05) is 25.5 Å². The number of carbonyl (C=O) groups excluding carboxylic acids is 1. The van der Waals surface area contributed by atoms with Gasteiger partial charge in [0.25, 0.3) is 0 Å². The van der Waals surface area contributed by atoms with Crippen LogP contribution in [0, 0.1) is 5.41 Å². The number of nitrogens with one attached hydrogen (secondary N) is 1. The molecule has 14 nitrogen and oxygen atoms in total. The van der Waals surface area contributed by atoms with Crippen molar-refractivity contribution in [3.8, 4) is 0 Å². The van der Waals surface area contributed by atoms with Crippen molar-refractivity contribution < 1.29 is 47.2 Å². The Morgan fingerprint density at radius 2 is 1.37 bits per heavy atom. The number of piperidine rings is 1. The highest BCUT2D eigenvalue weighted by Crippen LogP contribution is 2.31. The fourth-order valence-electron chi connectivity index (χ4n) is 2.59. The van der Waals surface area contributed by atoms with Crippen LogP contribution in [0.1, 0.15) is 0 Å². The maximum Gasteiger partial charge on any atom is 0.244 e. The lowest BCUT2D eigenvalue weighted by atomic mass is 10.0. The third kappa shape index (κ3) is 4.48. The molecule has 27 heavy (non-hydrogen) atoms. The quantitative estimate of drug-likeness (QED) is 0.153. The normalized spacial score (nSPS) is 29.4. The molecule has 0 aromatic heterocycles. The lowest BCUT2D eigenvalue weighted by Crippen LogP contribution is -2.72. The van der Waals surface area contributed by atoms with E-state index in [2.05, 4.69) is 0 Å². The Labute approximate surface area is 154 Å². The molecule has 0 spiro atoms. The zero-order valence-electron chi connectivity index (χ0n) is 14.1. The van der Waals surface area contributed by atoms with E-state index >= 15 is 0 Å². The topological polar surface area (TPSA) is 243 Å². The van der Waals surface area contributed by atoms with Crippen molar-refractivity contribution in [1.82, 2.24) is 9.80 Å². The average Bonchev–Trinajstić information content (AvgIpc) is 2.58. The van der Waals surface area contributed by atoms with Gasteiger partial charge >= 0.3 is 0 Å². The van der Waals surface area contributed by atoms with Crippen LogP contribution in [0.3, 0.4) is 0 Å². The number of rotatable bonds is 6. The van der Waals surface area contributed by atoms with Crippen LogP contribution in [0.15, 0.2) is 0 Å². The zero-order chi connectivity index (χ0) is 21.3. The number of sulfone groups is 2. The van der Waals surface area contributed by atoms with E-state index in [-0.39, 0.29) is 4.90 Å². The number of hydrogen-bond acceptors (Lipinski definition) is 11. The van der Waals surface area contributed by atoms with Crippen LogP contribution < -0.4 is 5.73 Å². The molecule has 16 heteroatoms. The molecule has 0 bridgehead atoms. The molecule has 1 saturated heterocycles. The smallest absolute Gasteiger partial charge is 0.244 e. The highest BCUT2D eigenvalue weighted by molar-refractivity contribution is 7.92. The van der Waals surface area contributed by atoms with Crippen molar-refractivity contribution >= 4 is 31.5 Å². The number of aliphatic hydroxyl groups excluding tert-OH is 5. The maximum atomic E-state index is 12.6. The number of amides is 1. The fourth-order valence-corrected chi connectivity index (χ4v) is 5.33. The lowest BCUT2D eigenvalue weighted by molar-refractivity contribution is -0.158. The lowest BCUT2D eigenvalue weighted by Gasteiger charge is -2.47. The number of carbonyl (C=O) groups is 1. The van der Waals surface area contributed by atoms with Crippen molar-refractivity contribution in [1.29, 1.82) is 5.41 Å². The molecule has 5 atom stereocenters. The van der Waals surface area contributed by atoms with Crippen molar-refractivity contribution in [3.63, 3.8) is 0 Å². The highest BCUT2D eigenvalue weighted by Gasteiger charge is 2.58. The second-order valence-electron chi connectivity index (χ2n) is 5.88. The Bertz CT molecular complexity index is 737. The van der Waals surface area contributed by atoms with E-state index in [1.807, 2.05) is 0 Å². The van der Waals surface area contributed by atoms with E-state index in [1.165, 1.54) is 0 Å². The van der Waals surface area contributed by atoms with Crippen LogP contribution in [0.25, 0.3) is 0 Å². The minimum atomic E-state index is -4.79. The molecule has 0 aromatic carbocycles. The van der Waals surface area contributed by atoms with E-state index in [9.17, 15) is 36.9 Å². The monoisotopic (exact) mass is 434 g/mol. The summed E-state index contributed by atoms with van der Waals surface area (Å²) >= 11 is 0. The van der Waals surface area contributed by atoms with Gasteiger partial charge in [-0.1, -0.05) is 0 Å². The predicted molar refractivity (Wildman–Crippen MR) is 89.0 cm³/mol. The molecule has 0 aliphatic carbocycles. The van der Waals surface area contributed by atoms with Crippen LogP contribution in [-0.4, -0.2) is 119 Å².